The van der Waals surface area contributed by atoms with Gasteiger partial charge in [-0.3, -0.25) is 9.21 Å². The molecule has 0 amide bonds. The van der Waals surface area contributed by atoms with Crippen LogP contribution in [0.15, 0.2) is 16.8 Å². The molecule has 1 rings (SSSR count). The van der Waals surface area contributed by atoms with Gasteiger partial charge in [0.1, 0.15) is 0 Å². The molecule has 1 atom stereocenters. The summed E-state index contributed by atoms with van der Waals surface area (Å²) in [7, 11) is 0. The van der Waals surface area contributed by atoms with Crippen molar-refractivity contribution in [2.45, 2.75) is 13.0 Å². The van der Waals surface area contributed by atoms with Gasteiger partial charge in [-0.1, -0.05) is 0 Å². The normalized spacial score (nSPS) is 23.3. The third-order valence-electron chi connectivity index (χ3n) is 1.50. The lowest BCUT2D eigenvalue weighted by Gasteiger charge is -2.24. The fourth-order valence-corrected chi connectivity index (χ4v) is 1.33. The van der Waals surface area contributed by atoms with Crippen LogP contribution in [-0.2, 0) is 4.79 Å². The topological polar surface area (TPSA) is 32.7 Å². The third-order valence-corrected chi connectivity index (χ3v) is 2.54. The quantitative estimate of drug-likeness (QED) is 0.390. The summed E-state index contributed by atoms with van der Waals surface area (Å²) in [6.07, 6.45) is 1.32. The Morgan fingerprint density at radius 2 is 2.33 bits per heavy atom. The van der Waals surface area contributed by atoms with Crippen LogP contribution >= 0.6 is 35.0 Å². The summed E-state index contributed by atoms with van der Waals surface area (Å²) in [6.45, 7) is 1.70. The van der Waals surface area contributed by atoms with E-state index in [-0.39, 0.29) is 11.3 Å². The van der Waals surface area contributed by atoms with Crippen molar-refractivity contribution in [2.24, 2.45) is 4.99 Å². The molecule has 1 heterocycles. The molecule has 1 aliphatic heterocycles. The lowest BCUT2D eigenvalue weighted by Crippen LogP contribution is -2.33. The number of nitrogens with zero attached hydrogens (tertiary/aromatic N) is 2. The molecule has 1 unspecified atom stereocenters. The molecule has 0 aromatic rings. The molecule has 0 aromatic carbocycles. The highest BCUT2D eigenvalue weighted by atomic mass is 35.5. The number of rotatable bonds is 1. The van der Waals surface area contributed by atoms with Crippen molar-refractivity contribution in [3.8, 4) is 0 Å². The lowest BCUT2D eigenvalue weighted by molar-refractivity contribution is -0.108. The van der Waals surface area contributed by atoms with E-state index >= 15 is 0 Å². The Morgan fingerprint density at radius 3 is 2.83 bits per heavy atom. The van der Waals surface area contributed by atoms with E-state index in [4.69, 9.17) is 35.0 Å². The maximum Gasteiger partial charge on any atom is 0.252 e. The highest BCUT2D eigenvalue weighted by molar-refractivity contribution is 6.69. The molecule has 6 heteroatoms. The molecular formula is C6H5Cl3N2O. The minimum Gasteiger partial charge on any atom is -0.276 e. The van der Waals surface area contributed by atoms with Crippen molar-refractivity contribution in [1.29, 1.82) is 0 Å². The SMILES string of the molecule is CC1C(C(=O)Cl)=CN=C(Cl)N1Cl. The van der Waals surface area contributed by atoms with Crippen LogP contribution in [-0.4, -0.2) is 21.0 Å². The molecule has 3 nitrogen and oxygen atoms in total. The van der Waals surface area contributed by atoms with E-state index in [0.29, 0.717) is 5.57 Å². The van der Waals surface area contributed by atoms with Gasteiger partial charge in [-0.05, 0) is 30.1 Å². The molecule has 0 fully saturated rings. The highest BCUT2D eigenvalue weighted by Gasteiger charge is 2.25. The minimum absolute atomic E-state index is 0.130. The van der Waals surface area contributed by atoms with Gasteiger partial charge in [0.2, 0.25) is 5.29 Å². The van der Waals surface area contributed by atoms with Crippen molar-refractivity contribution < 1.29 is 4.79 Å². The van der Waals surface area contributed by atoms with E-state index in [1.807, 2.05) is 0 Å². The number of carbonyl (C=O) groups excluding carboxylic acids is 1. The number of amidine groups is 1. The lowest BCUT2D eigenvalue weighted by atomic mass is 10.1. The van der Waals surface area contributed by atoms with E-state index in [1.165, 1.54) is 6.20 Å². The first-order valence-electron chi connectivity index (χ1n) is 3.12. The Balaban J connectivity index is 2.97. The molecule has 0 N–H and O–H groups in total. The first-order chi connectivity index (χ1) is 5.54. The zero-order chi connectivity index (χ0) is 9.30. The van der Waals surface area contributed by atoms with Gasteiger partial charge in [-0.2, -0.15) is 0 Å². The van der Waals surface area contributed by atoms with E-state index in [9.17, 15) is 4.79 Å². The van der Waals surface area contributed by atoms with Crippen molar-refractivity contribution in [3.63, 3.8) is 0 Å². The second-order valence-corrected chi connectivity index (χ2v) is 3.29. The first-order valence-corrected chi connectivity index (χ1v) is 4.21. The Hall–Kier alpha value is -0.250. The molecule has 0 aromatic heterocycles. The van der Waals surface area contributed by atoms with Gasteiger partial charge in [0.25, 0.3) is 5.24 Å². The number of aliphatic imine (C=N–C) groups is 1. The van der Waals surface area contributed by atoms with Gasteiger partial charge >= 0.3 is 0 Å². The summed E-state index contributed by atoms with van der Waals surface area (Å²) in [5.74, 6) is 0. The van der Waals surface area contributed by atoms with Crippen LogP contribution in [0, 0.1) is 0 Å². The van der Waals surface area contributed by atoms with Gasteiger partial charge in [0, 0.05) is 18.0 Å². The zero-order valence-electron chi connectivity index (χ0n) is 6.09. The molecular weight excluding hydrogens is 222 g/mol. The Labute approximate surface area is 84.7 Å². The predicted molar refractivity (Wildman–Crippen MR) is 49.4 cm³/mol. The molecule has 0 aliphatic carbocycles. The van der Waals surface area contributed by atoms with Crippen LogP contribution in [0.25, 0.3) is 0 Å². The summed E-state index contributed by atoms with van der Waals surface area (Å²) in [5, 5.41) is -0.438. The number of hydrogen-bond acceptors (Lipinski definition) is 3. The molecule has 1 aliphatic rings. The second kappa shape index (κ2) is 3.64. The van der Waals surface area contributed by atoms with E-state index in [2.05, 4.69) is 4.99 Å². The largest absolute Gasteiger partial charge is 0.276 e. The average Bonchev–Trinajstić information content (AvgIpc) is 2.00. The smallest absolute Gasteiger partial charge is 0.252 e. The number of carbonyl (C=O) groups is 1. The van der Waals surface area contributed by atoms with Crippen molar-refractivity contribution in [3.05, 3.63) is 11.8 Å². The first kappa shape index (κ1) is 9.84. The average molecular weight is 227 g/mol. The van der Waals surface area contributed by atoms with Crippen molar-refractivity contribution in [2.75, 3.05) is 0 Å². The maximum atomic E-state index is 10.8. The molecule has 0 spiro atoms. The molecule has 0 radical (unpaired) electrons. The summed E-state index contributed by atoms with van der Waals surface area (Å²) >= 11 is 16.5. The zero-order valence-corrected chi connectivity index (χ0v) is 8.36. The van der Waals surface area contributed by atoms with Gasteiger partial charge < -0.3 is 0 Å². The fourth-order valence-electron chi connectivity index (χ4n) is 0.783. The van der Waals surface area contributed by atoms with Crippen LogP contribution in [0.4, 0.5) is 0 Å². The van der Waals surface area contributed by atoms with Crippen molar-refractivity contribution >= 4 is 45.5 Å². The Kier molecular flexibility index (Phi) is 2.99. The van der Waals surface area contributed by atoms with Crippen LogP contribution < -0.4 is 0 Å². The number of hydrogen-bond donors (Lipinski definition) is 0. The molecule has 0 bridgehead atoms. The van der Waals surface area contributed by atoms with Gasteiger partial charge in [0.15, 0.2) is 0 Å². The van der Waals surface area contributed by atoms with Crippen molar-refractivity contribution in [1.82, 2.24) is 4.42 Å². The molecule has 0 saturated carbocycles. The monoisotopic (exact) mass is 226 g/mol. The fraction of sp³-hybridized carbons (Fsp3) is 0.333. The summed E-state index contributed by atoms with van der Waals surface area (Å²) in [6, 6.07) is -0.346. The van der Waals surface area contributed by atoms with Gasteiger partial charge in [-0.15, -0.1) is 0 Å². The third kappa shape index (κ3) is 1.73. The summed E-state index contributed by atoms with van der Waals surface area (Å²) < 4.78 is 1.15. The standard InChI is InChI=1S/C6H5Cl3N2O/c1-3-4(5(7)12)2-10-6(8)11(3)9/h2-3H,1H3. The van der Waals surface area contributed by atoms with Crippen LogP contribution in [0.3, 0.4) is 0 Å². The Morgan fingerprint density at radius 1 is 1.75 bits per heavy atom. The Bertz CT molecular complexity index is 274. The maximum absolute atomic E-state index is 10.8. The van der Waals surface area contributed by atoms with Crippen LogP contribution in [0.5, 0.6) is 0 Å². The number of halogens is 3. The predicted octanol–water partition coefficient (Wildman–Crippen LogP) is 2.09. The van der Waals surface area contributed by atoms with Gasteiger partial charge in [-0.25, -0.2) is 4.99 Å². The van der Waals surface area contributed by atoms with Crippen LogP contribution in [0.1, 0.15) is 6.92 Å². The molecule has 66 valence electrons. The molecule has 12 heavy (non-hydrogen) atoms. The van der Waals surface area contributed by atoms with E-state index < -0.39 is 5.24 Å². The van der Waals surface area contributed by atoms with E-state index in [1.54, 1.807) is 6.92 Å². The van der Waals surface area contributed by atoms with E-state index in [0.717, 1.165) is 4.42 Å². The summed E-state index contributed by atoms with van der Waals surface area (Å²) in [4.78, 5) is 14.4. The second-order valence-electron chi connectivity index (χ2n) is 2.24. The summed E-state index contributed by atoms with van der Waals surface area (Å²) in [5.41, 5.74) is 0.330. The highest BCUT2D eigenvalue weighted by Crippen LogP contribution is 2.21. The minimum atomic E-state index is -0.568. The molecule has 0 saturated heterocycles. The van der Waals surface area contributed by atoms with Gasteiger partial charge in [0.05, 0.1) is 11.6 Å². The van der Waals surface area contributed by atoms with Crippen LogP contribution in [0.2, 0.25) is 0 Å².